The average molecular weight is 444 g/mol. The number of hydrogen-bond donors (Lipinski definition) is 1. The van der Waals surface area contributed by atoms with Crippen LogP contribution in [0.25, 0.3) is 10.9 Å². The summed E-state index contributed by atoms with van der Waals surface area (Å²) in [6, 6.07) is 10.4. The number of aryl methyl sites for hydroxylation is 1. The molecule has 0 aliphatic rings. The van der Waals surface area contributed by atoms with Gasteiger partial charge in [0.25, 0.3) is 5.56 Å². The van der Waals surface area contributed by atoms with Gasteiger partial charge in [-0.25, -0.2) is 4.98 Å². The Morgan fingerprint density at radius 1 is 1.25 bits per heavy atom. The second-order valence-corrected chi connectivity index (χ2v) is 7.23. The fraction of sp³-hybridized carbons (Fsp3) is 0.286. The minimum Gasteiger partial charge on any atom is -0.504 e. The van der Waals surface area contributed by atoms with E-state index in [1.165, 1.54) is 4.68 Å². The van der Waals surface area contributed by atoms with E-state index in [-0.39, 0.29) is 11.3 Å². The molecule has 0 spiro atoms. The molecule has 0 bridgehead atoms. The summed E-state index contributed by atoms with van der Waals surface area (Å²) in [5.41, 5.74) is 1.16. The summed E-state index contributed by atoms with van der Waals surface area (Å²) in [6.45, 7) is 4.38. The van der Waals surface area contributed by atoms with E-state index in [1.807, 2.05) is 19.1 Å². The minimum absolute atomic E-state index is 0.0667. The first-order valence-corrected chi connectivity index (χ1v) is 10.0. The summed E-state index contributed by atoms with van der Waals surface area (Å²) >= 11 is 3.40. The number of unbranched alkanes of at least 4 members (excludes halogenated alkanes) is 1. The molecule has 0 saturated carbocycles. The molecule has 0 aliphatic carbocycles. The molecule has 0 saturated heterocycles. The van der Waals surface area contributed by atoms with Gasteiger partial charge in [-0.05, 0) is 55.3 Å². The van der Waals surface area contributed by atoms with Crippen molar-refractivity contribution in [3.05, 3.63) is 62.6 Å². The van der Waals surface area contributed by atoms with Crippen molar-refractivity contribution < 1.29 is 9.84 Å². The summed E-state index contributed by atoms with van der Waals surface area (Å²) in [4.78, 5) is 17.7. The smallest absolute Gasteiger partial charge is 0.282 e. The van der Waals surface area contributed by atoms with Gasteiger partial charge in [-0.15, -0.1) is 0 Å². The Morgan fingerprint density at radius 2 is 2.07 bits per heavy atom. The van der Waals surface area contributed by atoms with Crippen molar-refractivity contribution in [2.45, 2.75) is 33.1 Å². The van der Waals surface area contributed by atoms with E-state index in [0.717, 1.165) is 17.3 Å². The van der Waals surface area contributed by atoms with Crippen LogP contribution in [-0.4, -0.2) is 27.6 Å². The van der Waals surface area contributed by atoms with Crippen LogP contribution in [-0.2, 0) is 6.42 Å². The topological polar surface area (TPSA) is 76.7 Å². The minimum atomic E-state index is -0.211. The second kappa shape index (κ2) is 9.01. The van der Waals surface area contributed by atoms with Crippen molar-refractivity contribution in [2.24, 2.45) is 5.10 Å². The standard InChI is InChI=1S/C21H22BrN3O3/c1-3-5-6-20-24-17-9-8-15(22)12-16(17)21(27)25(20)23-13-14-7-10-18(26)19(11-14)28-4-2/h7-13,26H,3-6H2,1-2H3. The van der Waals surface area contributed by atoms with Gasteiger partial charge in [0, 0.05) is 10.9 Å². The summed E-state index contributed by atoms with van der Waals surface area (Å²) in [5, 5.41) is 14.8. The van der Waals surface area contributed by atoms with E-state index < -0.39 is 0 Å². The average Bonchev–Trinajstić information content (AvgIpc) is 2.69. The third-order valence-electron chi connectivity index (χ3n) is 4.24. The van der Waals surface area contributed by atoms with Crippen LogP contribution in [0.4, 0.5) is 0 Å². The third kappa shape index (κ3) is 4.42. The van der Waals surface area contributed by atoms with E-state index in [4.69, 9.17) is 4.74 Å². The summed E-state index contributed by atoms with van der Waals surface area (Å²) in [5.74, 6) is 1.07. The van der Waals surface area contributed by atoms with Crippen LogP contribution >= 0.6 is 15.9 Å². The maximum absolute atomic E-state index is 13.0. The van der Waals surface area contributed by atoms with E-state index in [1.54, 1.807) is 30.5 Å². The molecule has 7 heteroatoms. The number of phenols is 1. The Hall–Kier alpha value is -2.67. The zero-order valence-electron chi connectivity index (χ0n) is 15.9. The molecular formula is C21H22BrN3O3. The van der Waals surface area contributed by atoms with Gasteiger partial charge in [-0.3, -0.25) is 4.79 Å². The van der Waals surface area contributed by atoms with Crippen LogP contribution in [0, 0.1) is 0 Å². The zero-order chi connectivity index (χ0) is 20.1. The number of halogens is 1. The first kappa shape index (κ1) is 20.1. The molecule has 1 heterocycles. The molecule has 1 N–H and O–H groups in total. The van der Waals surface area contributed by atoms with Crippen molar-refractivity contribution in [1.29, 1.82) is 0 Å². The number of ether oxygens (including phenoxy) is 1. The molecule has 0 amide bonds. The molecule has 1 aromatic heterocycles. The number of hydrogen-bond acceptors (Lipinski definition) is 5. The number of fused-ring (bicyclic) bond motifs is 1. The Kier molecular flexibility index (Phi) is 6.46. The van der Waals surface area contributed by atoms with Gasteiger partial charge in [-0.1, -0.05) is 29.3 Å². The number of nitrogens with zero attached hydrogens (tertiary/aromatic N) is 3. The number of aromatic hydroxyl groups is 1. The molecule has 146 valence electrons. The van der Waals surface area contributed by atoms with Gasteiger partial charge in [0.15, 0.2) is 11.5 Å². The van der Waals surface area contributed by atoms with Crippen LogP contribution < -0.4 is 10.3 Å². The SMILES string of the molecule is CCCCc1nc2ccc(Br)cc2c(=O)n1N=Cc1ccc(O)c(OCC)c1. The molecule has 0 aliphatic heterocycles. The van der Waals surface area contributed by atoms with Gasteiger partial charge in [-0.2, -0.15) is 9.78 Å². The van der Waals surface area contributed by atoms with Crippen LogP contribution in [0.1, 0.15) is 38.1 Å². The Morgan fingerprint density at radius 3 is 2.82 bits per heavy atom. The second-order valence-electron chi connectivity index (χ2n) is 6.31. The normalized spacial score (nSPS) is 11.4. The molecule has 3 rings (SSSR count). The molecule has 0 atom stereocenters. The fourth-order valence-electron chi connectivity index (χ4n) is 2.82. The van der Waals surface area contributed by atoms with Crippen molar-refractivity contribution in [3.8, 4) is 11.5 Å². The van der Waals surface area contributed by atoms with Crippen molar-refractivity contribution >= 4 is 33.0 Å². The molecule has 3 aromatic rings. The molecular weight excluding hydrogens is 422 g/mol. The lowest BCUT2D eigenvalue weighted by molar-refractivity contribution is 0.318. The lowest BCUT2D eigenvalue weighted by Crippen LogP contribution is -2.22. The summed E-state index contributed by atoms with van der Waals surface area (Å²) in [7, 11) is 0. The number of phenolic OH excluding ortho intramolecular Hbond substituents is 1. The lowest BCUT2D eigenvalue weighted by Gasteiger charge is -2.09. The highest BCUT2D eigenvalue weighted by molar-refractivity contribution is 9.10. The monoisotopic (exact) mass is 443 g/mol. The highest BCUT2D eigenvalue weighted by atomic mass is 79.9. The number of benzene rings is 2. The van der Waals surface area contributed by atoms with Gasteiger partial charge in [0.2, 0.25) is 0 Å². The van der Waals surface area contributed by atoms with E-state index in [2.05, 4.69) is 32.9 Å². The molecule has 2 aromatic carbocycles. The van der Waals surface area contributed by atoms with Gasteiger partial charge in [0.05, 0.1) is 23.7 Å². The Bertz CT molecular complexity index is 1080. The maximum atomic E-state index is 13.0. The lowest BCUT2D eigenvalue weighted by atomic mass is 10.2. The first-order valence-electron chi connectivity index (χ1n) is 9.24. The van der Waals surface area contributed by atoms with E-state index >= 15 is 0 Å². The predicted octanol–water partition coefficient (Wildman–Crippen LogP) is 4.49. The van der Waals surface area contributed by atoms with Gasteiger partial charge in [0.1, 0.15) is 5.82 Å². The van der Waals surface area contributed by atoms with Gasteiger partial charge < -0.3 is 9.84 Å². The highest BCUT2D eigenvalue weighted by Crippen LogP contribution is 2.26. The van der Waals surface area contributed by atoms with E-state index in [9.17, 15) is 9.90 Å². The zero-order valence-corrected chi connectivity index (χ0v) is 17.4. The molecule has 0 fully saturated rings. The van der Waals surface area contributed by atoms with Crippen LogP contribution in [0.3, 0.4) is 0 Å². The molecule has 0 unspecified atom stereocenters. The predicted molar refractivity (Wildman–Crippen MR) is 115 cm³/mol. The quantitative estimate of drug-likeness (QED) is 0.545. The number of rotatable bonds is 7. The molecule has 6 nitrogen and oxygen atoms in total. The maximum Gasteiger partial charge on any atom is 0.282 e. The molecule has 28 heavy (non-hydrogen) atoms. The van der Waals surface area contributed by atoms with Crippen LogP contribution in [0.5, 0.6) is 11.5 Å². The fourth-order valence-corrected chi connectivity index (χ4v) is 3.18. The largest absolute Gasteiger partial charge is 0.504 e. The van der Waals surface area contributed by atoms with Gasteiger partial charge >= 0.3 is 0 Å². The van der Waals surface area contributed by atoms with Crippen LogP contribution in [0.15, 0.2) is 50.8 Å². The van der Waals surface area contributed by atoms with Crippen molar-refractivity contribution in [3.63, 3.8) is 0 Å². The third-order valence-corrected chi connectivity index (χ3v) is 4.73. The summed E-state index contributed by atoms with van der Waals surface area (Å²) in [6.07, 6.45) is 4.14. The Labute approximate surface area is 171 Å². The van der Waals surface area contributed by atoms with Crippen molar-refractivity contribution in [1.82, 2.24) is 9.66 Å². The molecule has 0 radical (unpaired) electrons. The number of aromatic nitrogens is 2. The first-order chi connectivity index (χ1) is 13.5. The Balaban J connectivity index is 2.07. The van der Waals surface area contributed by atoms with Crippen LogP contribution in [0.2, 0.25) is 0 Å². The van der Waals surface area contributed by atoms with E-state index in [0.29, 0.717) is 41.1 Å². The summed E-state index contributed by atoms with van der Waals surface area (Å²) < 4.78 is 7.58. The highest BCUT2D eigenvalue weighted by Gasteiger charge is 2.11. The van der Waals surface area contributed by atoms with Crippen molar-refractivity contribution in [2.75, 3.05) is 6.61 Å².